The van der Waals surface area contributed by atoms with Gasteiger partial charge in [0.25, 0.3) is 0 Å². The summed E-state index contributed by atoms with van der Waals surface area (Å²) in [6.45, 7) is 1.74. The number of aromatic nitrogens is 2. The largest absolute Gasteiger partial charge is 0.465 e. The van der Waals surface area contributed by atoms with E-state index < -0.39 is 21.6 Å². The molecule has 0 radical (unpaired) electrons. The molecule has 7 nitrogen and oxygen atoms in total. The highest BCUT2D eigenvalue weighted by atomic mass is 32.2. The number of allylic oxidation sites excluding steroid dienone is 1. The maximum absolute atomic E-state index is 14.2. The molecule has 30 heavy (non-hydrogen) atoms. The number of rotatable bonds is 6. The fourth-order valence-electron chi connectivity index (χ4n) is 3.22. The Bertz CT molecular complexity index is 1250. The van der Waals surface area contributed by atoms with E-state index in [1.807, 2.05) is 0 Å². The highest BCUT2D eigenvalue weighted by Crippen LogP contribution is 2.32. The molecule has 0 fully saturated rings. The third-order valence-electron chi connectivity index (χ3n) is 4.71. The summed E-state index contributed by atoms with van der Waals surface area (Å²) in [4.78, 5) is 17.0. The molecular weight excluding hydrogens is 409 g/mol. The van der Waals surface area contributed by atoms with Gasteiger partial charge in [-0.25, -0.2) is 22.6 Å². The molecule has 9 heteroatoms. The van der Waals surface area contributed by atoms with Gasteiger partial charge in [0.15, 0.2) is 9.84 Å². The van der Waals surface area contributed by atoms with E-state index in [1.165, 1.54) is 25.3 Å². The van der Waals surface area contributed by atoms with Crippen LogP contribution in [0.2, 0.25) is 0 Å². The molecule has 0 aliphatic rings. The number of benzene rings is 2. The lowest BCUT2D eigenvalue weighted by atomic mass is 10.0. The Morgan fingerprint density at radius 1 is 1.27 bits per heavy atom. The molecule has 0 unspecified atom stereocenters. The van der Waals surface area contributed by atoms with Crippen LogP contribution in [0.25, 0.3) is 22.2 Å². The Kier molecular flexibility index (Phi) is 6.04. The number of hydrogen-bond acceptors (Lipinski definition) is 6. The van der Waals surface area contributed by atoms with E-state index in [0.29, 0.717) is 28.0 Å². The average molecular weight is 431 g/mol. The lowest BCUT2D eigenvalue weighted by molar-refractivity contribution is 0.0601. The summed E-state index contributed by atoms with van der Waals surface area (Å²) in [5.74, 6) is -0.404. The van der Waals surface area contributed by atoms with Crippen LogP contribution in [0.1, 0.15) is 16.2 Å². The first-order valence-electron chi connectivity index (χ1n) is 9.10. The number of sulfone groups is 1. The van der Waals surface area contributed by atoms with Crippen LogP contribution < -0.4 is 5.73 Å². The molecule has 0 aliphatic heterocycles. The van der Waals surface area contributed by atoms with Crippen molar-refractivity contribution in [3.8, 4) is 11.1 Å². The van der Waals surface area contributed by atoms with Crippen molar-refractivity contribution in [3.05, 3.63) is 59.7 Å². The van der Waals surface area contributed by atoms with Crippen LogP contribution in [0, 0.1) is 6.92 Å². The molecule has 0 amide bonds. The van der Waals surface area contributed by atoms with Crippen molar-refractivity contribution in [1.29, 1.82) is 0 Å². The molecule has 0 saturated heterocycles. The quantitative estimate of drug-likeness (QED) is 0.602. The van der Waals surface area contributed by atoms with Crippen molar-refractivity contribution in [2.24, 2.45) is 5.73 Å². The zero-order chi connectivity index (χ0) is 22.1. The van der Waals surface area contributed by atoms with Gasteiger partial charge in [0, 0.05) is 18.4 Å². The minimum Gasteiger partial charge on any atom is -0.465 e. The SMILES string of the molecule is COC(=O)c1cc(-c2ccc(S(C)(=O)=O)cc2)c2nc(C)n(CC(F)=CCN)c2c1. The van der Waals surface area contributed by atoms with Crippen molar-refractivity contribution < 1.29 is 22.3 Å². The van der Waals surface area contributed by atoms with Gasteiger partial charge in [0.2, 0.25) is 0 Å². The summed E-state index contributed by atoms with van der Waals surface area (Å²) in [6, 6.07) is 9.52. The Balaban J connectivity index is 2.25. The first-order chi connectivity index (χ1) is 14.2. The van der Waals surface area contributed by atoms with Crippen molar-refractivity contribution >= 4 is 26.8 Å². The predicted octanol–water partition coefficient (Wildman–Crippen LogP) is 3.01. The standard InChI is InChI=1S/C21H22FN3O4S/c1-13-24-20-18(14-4-6-17(7-5-14)30(3,27)28)10-15(21(26)29-2)11-19(20)25(13)12-16(22)8-9-23/h4-8,10-11H,9,12,23H2,1-3H3. The third kappa shape index (κ3) is 4.27. The van der Waals surface area contributed by atoms with Crippen LogP contribution >= 0.6 is 0 Å². The smallest absolute Gasteiger partial charge is 0.337 e. The lowest BCUT2D eigenvalue weighted by Gasteiger charge is -2.10. The molecule has 1 heterocycles. The minimum atomic E-state index is -3.34. The van der Waals surface area contributed by atoms with Gasteiger partial charge >= 0.3 is 5.97 Å². The van der Waals surface area contributed by atoms with E-state index in [-0.39, 0.29) is 23.5 Å². The molecule has 0 saturated carbocycles. The van der Waals surface area contributed by atoms with Gasteiger partial charge in [0.05, 0.1) is 35.1 Å². The number of methoxy groups -OCH3 is 1. The Morgan fingerprint density at radius 2 is 1.93 bits per heavy atom. The average Bonchev–Trinajstić information content (AvgIpc) is 3.01. The number of nitrogens with two attached hydrogens (primary N) is 1. The van der Waals surface area contributed by atoms with E-state index in [9.17, 15) is 17.6 Å². The number of carbonyl (C=O) groups excluding carboxylic acids is 1. The van der Waals surface area contributed by atoms with Gasteiger partial charge in [-0.05, 0) is 42.8 Å². The van der Waals surface area contributed by atoms with E-state index in [2.05, 4.69) is 4.98 Å². The molecule has 0 atom stereocenters. The molecule has 3 aromatic rings. The first-order valence-corrected chi connectivity index (χ1v) is 11.0. The molecule has 0 spiro atoms. The van der Waals surface area contributed by atoms with Gasteiger partial charge in [-0.15, -0.1) is 0 Å². The Hall–Kier alpha value is -3.04. The molecule has 2 aromatic carbocycles. The Morgan fingerprint density at radius 3 is 2.50 bits per heavy atom. The number of aryl methyl sites for hydroxylation is 1. The highest BCUT2D eigenvalue weighted by Gasteiger charge is 2.18. The van der Waals surface area contributed by atoms with Gasteiger partial charge in [-0.2, -0.15) is 0 Å². The second kappa shape index (κ2) is 8.37. The summed E-state index contributed by atoms with van der Waals surface area (Å²) in [7, 11) is -2.07. The van der Waals surface area contributed by atoms with Crippen LogP contribution in [-0.4, -0.2) is 43.8 Å². The second-order valence-corrected chi connectivity index (χ2v) is 8.83. The van der Waals surface area contributed by atoms with Gasteiger partial charge in [-0.3, -0.25) is 0 Å². The molecule has 3 rings (SSSR count). The topological polar surface area (TPSA) is 104 Å². The fraction of sp³-hybridized carbons (Fsp3) is 0.238. The number of halogens is 1. The lowest BCUT2D eigenvalue weighted by Crippen LogP contribution is -2.05. The van der Waals surface area contributed by atoms with Crippen LogP contribution in [0.5, 0.6) is 0 Å². The summed E-state index contributed by atoms with van der Waals surface area (Å²) in [5.41, 5.74) is 8.06. The second-order valence-electron chi connectivity index (χ2n) is 6.81. The van der Waals surface area contributed by atoms with Crippen LogP contribution in [0.15, 0.2) is 53.2 Å². The van der Waals surface area contributed by atoms with Gasteiger partial charge in [0.1, 0.15) is 11.7 Å². The van der Waals surface area contributed by atoms with Gasteiger partial charge < -0.3 is 15.0 Å². The summed E-state index contributed by atoms with van der Waals surface area (Å²) >= 11 is 0. The third-order valence-corrected chi connectivity index (χ3v) is 5.84. The van der Waals surface area contributed by atoms with E-state index in [4.69, 9.17) is 10.5 Å². The molecular formula is C21H22FN3O4S. The molecule has 0 aliphatic carbocycles. The number of fused-ring (bicyclic) bond motifs is 1. The number of ether oxygens (including phenoxy) is 1. The zero-order valence-electron chi connectivity index (χ0n) is 16.8. The van der Waals surface area contributed by atoms with Crippen LogP contribution in [-0.2, 0) is 21.1 Å². The normalized spacial score (nSPS) is 12.4. The maximum Gasteiger partial charge on any atom is 0.337 e. The minimum absolute atomic E-state index is 0.0723. The van der Waals surface area contributed by atoms with Crippen molar-refractivity contribution in [3.63, 3.8) is 0 Å². The highest BCUT2D eigenvalue weighted by molar-refractivity contribution is 7.90. The summed E-state index contributed by atoms with van der Waals surface area (Å²) in [6.07, 6.45) is 2.41. The first kappa shape index (κ1) is 21.7. The van der Waals surface area contributed by atoms with E-state index >= 15 is 0 Å². The number of carbonyl (C=O) groups is 1. The molecule has 1 aromatic heterocycles. The summed E-state index contributed by atoms with van der Waals surface area (Å²) in [5, 5.41) is 0. The van der Waals surface area contributed by atoms with Gasteiger partial charge in [-0.1, -0.05) is 12.1 Å². The molecule has 2 N–H and O–H groups in total. The number of hydrogen-bond donors (Lipinski definition) is 1. The molecule has 0 bridgehead atoms. The maximum atomic E-state index is 14.2. The Labute approximate surface area is 173 Å². The molecule has 158 valence electrons. The number of nitrogens with zero attached hydrogens (tertiary/aromatic N) is 2. The van der Waals surface area contributed by atoms with E-state index in [0.717, 1.165) is 6.26 Å². The number of imidazole rings is 1. The predicted molar refractivity (Wildman–Crippen MR) is 113 cm³/mol. The van der Waals surface area contributed by atoms with Crippen LogP contribution in [0.4, 0.5) is 4.39 Å². The summed E-state index contributed by atoms with van der Waals surface area (Å²) < 4.78 is 44.2. The number of esters is 1. The van der Waals surface area contributed by atoms with Crippen molar-refractivity contribution in [2.75, 3.05) is 19.9 Å². The van der Waals surface area contributed by atoms with Crippen molar-refractivity contribution in [2.45, 2.75) is 18.4 Å². The van der Waals surface area contributed by atoms with Crippen LogP contribution in [0.3, 0.4) is 0 Å². The van der Waals surface area contributed by atoms with E-state index in [1.54, 1.807) is 35.8 Å². The monoisotopic (exact) mass is 431 g/mol. The fourth-order valence-corrected chi connectivity index (χ4v) is 3.85. The zero-order valence-corrected chi connectivity index (χ0v) is 17.7. The van der Waals surface area contributed by atoms with Crippen molar-refractivity contribution in [1.82, 2.24) is 9.55 Å².